The van der Waals surface area contributed by atoms with Crippen molar-refractivity contribution >= 4 is 28.3 Å². The number of hydrogen-bond acceptors (Lipinski definition) is 5. The summed E-state index contributed by atoms with van der Waals surface area (Å²) in [6.07, 6.45) is 0. The van der Waals surface area contributed by atoms with Gasteiger partial charge >= 0.3 is 11.9 Å². The lowest BCUT2D eigenvalue weighted by Gasteiger charge is -2.18. The fourth-order valence-electron chi connectivity index (χ4n) is 1.33. The molecule has 0 atom stereocenters. The fourth-order valence-corrected chi connectivity index (χ4v) is 2.33. The maximum Gasteiger partial charge on any atom is 0.323 e. The van der Waals surface area contributed by atoms with E-state index in [1.54, 1.807) is 12.3 Å². The largest absolute Gasteiger partial charge is 0.480 e. The molecule has 0 unspecified atom stereocenters. The number of carboxylic acids is 2. The Labute approximate surface area is 101 Å². The van der Waals surface area contributed by atoms with E-state index in [0.717, 1.165) is 0 Å². The third-order valence-corrected chi connectivity index (χ3v) is 3.16. The molecule has 0 amide bonds. The van der Waals surface area contributed by atoms with Gasteiger partial charge in [-0.05, 0) is 17.9 Å². The molecule has 17 heavy (non-hydrogen) atoms. The predicted octanol–water partition coefficient (Wildman–Crippen LogP) is 0.904. The Morgan fingerprint density at radius 3 is 2.35 bits per heavy atom. The molecule has 2 N–H and O–H groups in total. The van der Waals surface area contributed by atoms with Crippen molar-refractivity contribution in [2.75, 3.05) is 18.0 Å². The van der Waals surface area contributed by atoms with Gasteiger partial charge in [0.1, 0.15) is 24.2 Å². The number of carbonyl (C=O) groups is 2. The molecule has 1 aromatic heterocycles. The molecule has 0 aromatic carbocycles. The molecule has 0 saturated heterocycles. The van der Waals surface area contributed by atoms with Crippen LogP contribution in [0.3, 0.4) is 0 Å². The first kappa shape index (κ1) is 13.0. The van der Waals surface area contributed by atoms with Crippen LogP contribution in [0.5, 0.6) is 0 Å². The lowest BCUT2D eigenvalue weighted by Crippen LogP contribution is -2.34. The van der Waals surface area contributed by atoms with Crippen LogP contribution >= 0.6 is 11.3 Å². The smallest absolute Gasteiger partial charge is 0.323 e. The van der Waals surface area contributed by atoms with Gasteiger partial charge in [-0.1, -0.05) is 0 Å². The lowest BCUT2D eigenvalue weighted by atomic mass is 10.2. The number of hydrogen-bond donors (Lipinski definition) is 2. The van der Waals surface area contributed by atoms with Crippen LogP contribution < -0.4 is 4.90 Å². The minimum absolute atomic E-state index is 0.331. The Morgan fingerprint density at radius 2 is 1.94 bits per heavy atom. The molecule has 0 radical (unpaired) electrons. The molecule has 0 bridgehead atoms. The highest BCUT2D eigenvalue weighted by Crippen LogP contribution is 2.30. The number of nitrogens with zero attached hydrogens (tertiary/aromatic N) is 2. The molecule has 7 heteroatoms. The Hall–Kier alpha value is -2.07. The van der Waals surface area contributed by atoms with Crippen LogP contribution in [-0.4, -0.2) is 35.2 Å². The van der Waals surface area contributed by atoms with E-state index >= 15 is 0 Å². The molecule has 0 spiro atoms. The van der Waals surface area contributed by atoms with Crippen LogP contribution in [0.4, 0.5) is 5.00 Å². The van der Waals surface area contributed by atoms with Crippen LogP contribution in [0.25, 0.3) is 0 Å². The Morgan fingerprint density at radius 1 is 1.41 bits per heavy atom. The van der Waals surface area contributed by atoms with Gasteiger partial charge in [-0.25, -0.2) is 0 Å². The summed E-state index contributed by atoms with van der Waals surface area (Å²) in [5.74, 6) is -2.28. The van der Waals surface area contributed by atoms with Gasteiger partial charge in [0.2, 0.25) is 0 Å². The van der Waals surface area contributed by atoms with Crippen LogP contribution in [-0.2, 0) is 9.59 Å². The molecule has 0 aliphatic heterocycles. The van der Waals surface area contributed by atoms with Gasteiger partial charge in [0.25, 0.3) is 0 Å². The fraction of sp³-hybridized carbons (Fsp3) is 0.300. The first-order valence-corrected chi connectivity index (χ1v) is 5.50. The maximum absolute atomic E-state index is 10.7. The van der Waals surface area contributed by atoms with Crippen molar-refractivity contribution in [2.24, 2.45) is 0 Å². The molecule has 1 rings (SSSR count). The minimum atomic E-state index is -1.14. The van der Waals surface area contributed by atoms with Crippen LogP contribution in [0.1, 0.15) is 11.1 Å². The number of aliphatic carboxylic acids is 2. The molecule has 0 aliphatic rings. The number of rotatable bonds is 5. The summed E-state index contributed by atoms with van der Waals surface area (Å²) in [4.78, 5) is 22.5. The second-order valence-electron chi connectivity index (χ2n) is 3.35. The third-order valence-electron chi connectivity index (χ3n) is 2.01. The second-order valence-corrected chi connectivity index (χ2v) is 4.21. The summed E-state index contributed by atoms with van der Waals surface area (Å²) in [5, 5.41) is 28.5. The summed E-state index contributed by atoms with van der Waals surface area (Å²) in [6, 6.07) is 1.95. The van der Waals surface area contributed by atoms with Crippen molar-refractivity contribution in [3.8, 4) is 6.07 Å². The zero-order chi connectivity index (χ0) is 13.0. The van der Waals surface area contributed by atoms with E-state index in [0.29, 0.717) is 16.1 Å². The second kappa shape index (κ2) is 5.32. The topological polar surface area (TPSA) is 102 Å². The molecule has 6 nitrogen and oxygen atoms in total. The Kier molecular flexibility index (Phi) is 4.06. The number of nitriles is 1. The molecular weight excluding hydrogens is 244 g/mol. The average molecular weight is 254 g/mol. The number of anilines is 1. The summed E-state index contributed by atoms with van der Waals surface area (Å²) in [7, 11) is 0. The minimum Gasteiger partial charge on any atom is -0.480 e. The van der Waals surface area contributed by atoms with Crippen LogP contribution in [0.15, 0.2) is 5.38 Å². The molecule has 90 valence electrons. The summed E-state index contributed by atoms with van der Waals surface area (Å²) < 4.78 is 0. The monoisotopic (exact) mass is 254 g/mol. The zero-order valence-corrected chi connectivity index (χ0v) is 9.82. The highest BCUT2D eigenvalue weighted by atomic mass is 32.1. The van der Waals surface area contributed by atoms with Crippen molar-refractivity contribution in [3.05, 3.63) is 16.5 Å². The summed E-state index contributed by atoms with van der Waals surface area (Å²) in [6.45, 7) is 0.833. The Bertz CT molecular complexity index is 473. The molecule has 0 aliphatic carbocycles. The van der Waals surface area contributed by atoms with E-state index in [1.807, 2.05) is 6.07 Å². The van der Waals surface area contributed by atoms with Crippen LogP contribution in [0.2, 0.25) is 0 Å². The number of aryl methyl sites for hydroxylation is 1. The lowest BCUT2D eigenvalue weighted by molar-refractivity contribution is -0.136. The normalized spacial score (nSPS) is 9.65. The molecular formula is C10H10N2O4S. The zero-order valence-electron chi connectivity index (χ0n) is 9.01. The molecule has 1 aromatic rings. The van der Waals surface area contributed by atoms with Gasteiger partial charge in [-0.15, -0.1) is 11.3 Å². The molecule has 0 saturated carbocycles. The number of carboxylic acid groups (broad SMARTS) is 2. The van der Waals surface area contributed by atoms with E-state index in [-0.39, 0.29) is 0 Å². The number of thiophene rings is 1. The quantitative estimate of drug-likeness (QED) is 0.809. The SMILES string of the molecule is Cc1csc(N(CC(=O)O)CC(=O)O)c1C#N. The van der Waals surface area contributed by atoms with E-state index in [4.69, 9.17) is 15.5 Å². The third kappa shape index (κ3) is 3.19. The van der Waals surface area contributed by atoms with Gasteiger partial charge in [-0.2, -0.15) is 5.26 Å². The Balaban J connectivity index is 3.08. The van der Waals surface area contributed by atoms with Gasteiger partial charge in [0.05, 0.1) is 5.56 Å². The van der Waals surface area contributed by atoms with Crippen molar-refractivity contribution in [2.45, 2.75) is 6.92 Å². The summed E-state index contributed by atoms with van der Waals surface area (Å²) in [5.41, 5.74) is 1.05. The van der Waals surface area contributed by atoms with E-state index in [1.165, 1.54) is 16.2 Å². The highest BCUT2D eigenvalue weighted by molar-refractivity contribution is 7.14. The maximum atomic E-state index is 10.7. The van der Waals surface area contributed by atoms with Crippen molar-refractivity contribution in [1.29, 1.82) is 5.26 Å². The van der Waals surface area contributed by atoms with Gasteiger partial charge in [-0.3, -0.25) is 9.59 Å². The predicted molar refractivity (Wildman–Crippen MR) is 61.3 cm³/mol. The van der Waals surface area contributed by atoms with Crippen molar-refractivity contribution < 1.29 is 19.8 Å². The van der Waals surface area contributed by atoms with Gasteiger partial charge < -0.3 is 15.1 Å². The van der Waals surface area contributed by atoms with Gasteiger partial charge in [0, 0.05) is 0 Å². The standard InChI is InChI=1S/C10H10N2O4S/c1-6-5-17-10(7(6)2-11)12(3-8(13)14)4-9(15)16/h5H,3-4H2,1H3,(H,13,14)(H,15,16). The molecule has 1 heterocycles. The van der Waals surface area contributed by atoms with Gasteiger partial charge in [0.15, 0.2) is 0 Å². The van der Waals surface area contributed by atoms with E-state index in [2.05, 4.69) is 0 Å². The van der Waals surface area contributed by atoms with E-state index in [9.17, 15) is 9.59 Å². The van der Waals surface area contributed by atoms with Crippen molar-refractivity contribution in [3.63, 3.8) is 0 Å². The first-order valence-electron chi connectivity index (χ1n) is 4.62. The summed E-state index contributed by atoms with van der Waals surface area (Å²) >= 11 is 1.17. The van der Waals surface area contributed by atoms with E-state index < -0.39 is 25.0 Å². The average Bonchev–Trinajstić information content (AvgIpc) is 2.56. The van der Waals surface area contributed by atoms with Crippen molar-refractivity contribution in [1.82, 2.24) is 0 Å². The highest BCUT2D eigenvalue weighted by Gasteiger charge is 2.20. The first-order chi connectivity index (χ1) is 7.95. The molecule has 0 fully saturated rings. The van der Waals surface area contributed by atoms with Crippen LogP contribution in [0, 0.1) is 18.3 Å².